The van der Waals surface area contributed by atoms with Gasteiger partial charge in [-0.1, -0.05) is 76.6 Å². The molecule has 4 aromatic rings. The van der Waals surface area contributed by atoms with Crippen LogP contribution in [0.1, 0.15) is 28.8 Å². The van der Waals surface area contributed by atoms with Gasteiger partial charge in [-0.3, -0.25) is 9.59 Å². The summed E-state index contributed by atoms with van der Waals surface area (Å²) in [7, 11) is 0. The molecule has 2 amide bonds. The summed E-state index contributed by atoms with van der Waals surface area (Å²) in [6.45, 7) is 0. The van der Waals surface area contributed by atoms with E-state index in [1.165, 1.54) is 0 Å². The predicted molar refractivity (Wildman–Crippen MR) is 156 cm³/mol. The number of hydrogen-bond donors (Lipinski definition) is 3. The third-order valence-corrected chi connectivity index (χ3v) is 7.09. The topological polar surface area (TPSA) is 105 Å². The van der Waals surface area contributed by atoms with Gasteiger partial charge in [-0.25, -0.2) is 4.79 Å². The van der Waals surface area contributed by atoms with Gasteiger partial charge >= 0.3 is 5.97 Å². The summed E-state index contributed by atoms with van der Waals surface area (Å²) in [6.07, 6.45) is 1.74. The lowest BCUT2D eigenvalue weighted by molar-refractivity contribution is -0.139. The molecule has 1 fully saturated rings. The van der Waals surface area contributed by atoms with Crippen LogP contribution in [0, 0.1) is 5.92 Å². The molecule has 1 aliphatic carbocycles. The molecule has 202 valence electrons. The Morgan fingerprint density at radius 3 is 2.30 bits per heavy atom. The highest BCUT2D eigenvalue weighted by Gasteiger charge is 2.31. The monoisotopic (exact) mass is 598 g/mol. The zero-order chi connectivity index (χ0) is 28.1. The summed E-state index contributed by atoms with van der Waals surface area (Å²) in [5.74, 6) is -0.475. The Kier molecular flexibility index (Phi) is 8.26. The summed E-state index contributed by atoms with van der Waals surface area (Å²) < 4.78 is 6.72. The van der Waals surface area contributed by atoms with Crippen molar-refractivity contribution >= 4 is 39.4 Å². The Balaban J connectivity index is 1.30. The predicted octanol–water partition coefficient (Wildman–Crippen LogP) is 6.68. The molecule has 0 spiro atoms. The van der Waals surface area contributed by atoms with Crippen LogP contribution in [-0.4, -0.2) is 28.9 Å². The van der Waals surface area contributed by atoms with E-state index in [9.17, 15) is 19.5 Å². The molecule has 1 atom stereocenters. The van der Waals surface area contributed by atoms with E-state index in [-0.39, 0.29) is 23.8 Å². The van der Waals surface area contributed by atoms with Crippen LogP contribution < -0.4 is 15.4 Å². The number of benzene rings is 4. The maximum atomic E-state index is 13.2. The van der Waals surface area contributed by atoms with Gasteiger partial charge in [-0.15, -0.1) is 0 Å². The molecular weight excluding hydrogens is 572 g/mol. The summed E-state index contributed by atoms with van der Waals surface area (Å²) >= 11 is 3.35. The standard InChI is InChI=1S/C32H27BrN2O5/c33-23-16-17-27(34-30(36)22-14-15-22)26(19-23)31(37)35-28(32(38)39)18-20-10-12-21(13-11-20)25-8-4-5-9-29(25)40-24-6-2-1-3-7-24/h1-13,16-17,19,22,28H,14-15,18H2,(H,34,36)(H,35,37)(H,38,39). The molecule has 4 aromatic carbocycles. The quantitative estimate of drug-likeness (QED) is 0.189. The van der Waals surface area contributed by atoms with Crippen molar-refractivity contribution in [1.29, 1.82) is 0 Å². The fraction of sp³-hybridized carbons (Fsp3) is 0.156. The molecule has 40 heavy (non-hydrogen) atoms. The molecule has 3 N–H and O–H groups in total. The van der Waals surface area contributed by atoms with E-state index in [0.29, 0.717) is 15.9 Å². The molecule has 0 aliphatic heterocycles. The number of carbonyl (C=O) groups excluding carboxylic acids is 2. The van der Waals surface area contributed by atoms with Crippen LogP contribution in [0.5, 0.6) is 11.5 Å². The molecular formula is C32H27BrN2O5. The Labute approximate surface area is 240 Å². The molecule has 5 rings (SSSR count). The number of amides is 2. The highest BCUT2D eigenvalue weighted by atomic mass is 79.9. The average molecular weight is 599 g/mol. The first-order valence-electron chi connectivity index (χ1n) is 12.9. The Morgan fingerprint density at radius 1 is 0.900 bits per heavy atom. The fourth-order valence-corrected chi connectivity index (χ4v) is 4.66. The van der Waals surface area contributed by atoms with Crippen LogP contribution in [0.15, 0.2) is 102 Å². The van der Waals surface area contributed by atoms with Crippen LogP contribution in [-0.2, 0) is 16.0 Å². The summed E-state index contributed by atoms with van der Waals surface area (Å²) in [5, 5.41) is 15.3. The first-order chi connectivity index (χ1) is 19.4. The number of nitrogens with one attached hydrogen (secondary N) is 2. The minimum absolute atomic E-state index is 0.0360. The van der Waals surface area contributed by atoms with Crippen LogP contribution >= 0.6 is 15.9 Å². The van der Waals surface area contributed by atoms with E-state index in [2.05, 4.69) is 26.6 Å². The number of carboxylic acids is 1. The number of halogens is 1. The van der Waals surface area contributed by atoms with Gasteiger partial charge in [0.2, 0.25) is 5.91 Å². The van der Waals surface area contributed by atoms with Crippen molar-refractivity contribution in [2.45, 2.75) is 25.3 Å². The molecule has 1 unspecified atom stereocenters. The molecule has 0 heterocycles. The van der Waals surface area contributed by atoms with Gasteiger partial charge in [0.15, 0.2) is 0 Å². The van der Waals surface area contributed by atoms with Gasteiger partial charge in [-0.2, -0.15) is 0 Å². The smallest absolute Gasteiger partial charge is 0.326 e. The molecule has 7 nitrogen and oxygen atoms in total. The minimum Gasteiger partial charge on any atom is -0.480 e. The molecule has 0 aromatic heterocycles. The largest absolute Gasteiger partial charge is 0.480 e. The summed E-state index contributed by atoms with van der Waals surface area (Å²) in [6, 6.07) is 28.5. The Hall–Kier alpha value is -4.43. The number of para-hydroxylation sites is 2. The maximum Gasteiger partial charge on any atom is 0.326 e. The number of anilines is 1. The van der Waals surface area contributed by atoms with Crippen molar-refractivity contribution in [2.24, 2.45) is 5.92 Å². The lowest BCUT2D eigenvalue weighted by atomic mass is 9.99. The Bertz CT molecular complexity index is 1530. The number of carbonyl (C=O) groups is 3. The van der Waals surface area contributed by atoms with Crippen LogP contribution in [0.4, 0.5) is 5.69 Å². The highest BCUT2D eigenvalue weighted by molar-refractivity contribution is 9.10. The second-order valence-electron chi connectivity index (χ2n) is 9.63. The van der Waals surface area contributed by atoms with E-state index in [0.717, 1.165) is 35.3 Å². The maximum absolute atomic E-state index is 13.2. The fourth-order valence-electron chi connectivity index (χ4n) is 4.30. The summed E-state index contributed by atoms with van der Waals surface area (Å²) in [4.78, 5) is 37.5. The molecule has 1 aliphatic rings. The second kappa shape index (κ2) is 12.2. The number of aliphatic carboxylic acids is 1. The average Bonchev–Trinajstić information content (AvgIpc) is 3.81. The van der Waals surface area contributed by atoms with Crippen molar-refractivity contribution in [1.82, 2.24) is 5.32 Å². The van der Waals surface area contributed by atoms with Crippen molar-refractivity contribution in [3.05, 3.63) is 113 Å². The minimum atomic E-state index is -1.17. The third kappa shape index (κ3) is 6.76. The van der Waals surface area contributed by atoms with Crippen molar-refractivity contribution in [3.8, 4) is 22.6 Å². The van der Waals surface area contributed by atoms with E-state index in [4.69, 9.17) is 4.74 Å². The number of carboxylic acid groups (broad SMARTS) is 1. The number of hydrogen-bond acceptors (Lipinski definition) is 4. The second-order valence-corrected chi connectivity index (χ2v) is 10.5. The van der Waals surface area contributed by atoms with Crippen LogP contribution in [0.25, 0.3) is 11.1 Å². The van der Waals surface area contributed by atoms with Crippen LogP contribution in [0.3, 0.4) is 0 Å². The highest BCUT2D eigenvalue weighted by Crippen LogP contribution is 2.34. The van der Waals surface area contributed by atoms with Crippen LogP contribution in [0.2, 0.25) is 0 Å². The van der Waals surface area contributed by atoms with Crippen molar-refractivity contribution < 1.29 is 24.2 Å². The Morgan fingerprint density at radius 2 is 1.60 bits per heavy atom. The zero-order valence-electron chi connectivity index (χ0n) is 21.5. The lowest BCUT2D eigenvalue weighted by Gasteiger charge is -2.17. The molecule has 8 heteroatoms. The van der Waals surface area contributed by atoms with E-state index in [1.54, 1.807) is 18.2 Å². The van der Waals surface area contributed by atoms with Crippen molar-refractivity contribution in [2.75, 3.05) is 5.32 Å². The van der Waals surface area contributed by atoms with Gasteiger partial charge in [0, 0.05) is 22.4 Å². The SMILES string of the molecule is O=C(NC(Cc1ccc(-c2ccccc2Oc2ccccc2)cc1)C(=O)O)c1cc(Br)ccc1NC(=O)C1CC1. The van der Waals surface area contributed by atoms with E-state index < -0.39 is 17.9 Å². The number of rotatable bonds is 10. The number of ether oxygens (including phenoxy) is 1. The van der Waals surface area contributed by atoms with E-state index in [1.807, 2.05) is 78.9 Å². The third-order valence-electron chi connectivity index (χ3n) is 6.60. The van der Waals surface area contributed by atoms with E-state index >= 15 is 0 Å². The summed E-state index contributed by atoms with van der Waals surface area (Å²) in [5.41, 5.74) is 3.10. The van der Waals surface area contributed by atoms with Gasteiger partial charge in [0.05, 0.1) is 11.3 Å². The molecule has 0 bridgehead atoms. The molecule has 0 radical (unpaired) electrons. The molecule has 0 saturated heterocycles. The molecule has 1 saturated carbocycles. The lowest BCUT2D eigenvalue weighted by Crippen LogP contribution is -2.42. The normalized spacial score (nSPS) is 13.2. The van der Waals surface area contributed by atoms with Gasteiger partial charge in [0.25, 0.3) is 5.91 Å². The van der Waals surface area contributed by atoms with Gasteiger partial charge in [-0.05, 0) is 60.4 Å². The first kappa shape index (κ1) is 27.1. The van der Waals surface area contributed by atoms with Gasteiger partial charge < -0.3 is 20.5 Å². The van der Waals surface area contributed by atoms with Crippen molar-refractivity contribution in [3.63, 3.8) is 0 Å². The zero-order valence-corrected chi connectivity index (χ0v) is 23.1. The van der Waals surface area contributed by atoms with Gasteiger partial charge in [0.1, 0.15) is 17.5 Å². The first-order valence-corrected chi connectivity index (χ1v) is 13.7.